The highest BCUT2D eigenvalue weighted by Crippen LogP contribution is 2.35. The molecule has 0 amide bonds. The summed E-state index contributed by atoms with van der Waals surface area (Å²) in [6.45, 7) is 8.38. The van der Waals surface area contributed by atoms with E-state index in [9.17, 15) is 0 Å². The molecule has 0 saturated carbocycles. The molecule has 0 bridgehead atoms. The van der Waals surface area contributed by atoms with Gasteiger partial charge in [0.05, 0.1) is 17.3 Å². The Balaban J connectivity index is 1.56. The second-order valence-electron chi connectivity index (χ2n) is 7.56. The van der Waals surface area contributed by atoms with Crippen LogP contribution in [0.5, 0.6) is 5.75 Å². The van der Waals surface area contributed by atoms with Gasteiger partial charge in [0.2, 0.25) is 5.82 Å². The molecule has 3 heterocycles. The van der Waals surface area contributed by atoms with Crippen LogP contribution >= 0.6 is 0 Å². The van der Waals surface area contributed by atoms with Crippen LogP contribution in [0.2, 0.25) is 0 Å². The highest BCUT2D eigenvalue weighted by molar-refractivity contribution is 5.51. The van der Waals surface area contributed by atoms with Crippen LogP contribution in [0.15, 0.2) is 35.1 Å². The fourth-order valence-electron chi connectivity index (χ4n) is 2.98. The van der Waals surface area contributed by atoms with Gasteiger partial charge in [0.1, 0.15) is 5.75 Å². The topological polar surface area (TPSA) is 66.0 Å². The molecule has 0 aliphatic carbocycles. The van der Waals surface area contributed by atoms with Crippen LogP contribution in [-0.2, 0) is 12.0 Å². The molecule has 0 fully saturated rings. The van der Waals surface area contributed by atoms with Crippen LogP contribution in [-0.4, -0.2) is 19.9 Å². The molecule has 25 heavy (non-hydrogen) atoms. The zero-order chi connectivity index (χ0) is 17.6. The predicted octanol–water partition coefficient (Wildman–Crippen LogP) is 4.06. The minimum Gasteiger partial charge on any atom is -0.480 e. The van der Waals surface area contributed by atoms with Gasteiger partial charge in [0, 0.05) is 6.20 Å². The molecular formula is C19H22N4O2. The maximum Gasteiger partial charge on any atom is 0.268 e. The van der Waals surface area contributed by atoms with Crippen LogP contribution in [0.1, 0.15) is 50.3 Å². The molecule has 6 nitrogen and oxygen atoms in total. The van der Waals surface area contributed by atoms with Crippen molar-refractivity contribution in [2.24, 2.45) is 0 Å². The normalized spacial score (nSPS) is 17.2. The SMILES string of the molecule is Cc1ccc2c(c1)CCC(c1nc(-c3cnn(C(C)(C)C)c3)no1)O2. The fraction of sp³-hybridized carbons (Fsp3) is 0.421. The quantitative estimate of drug-likeness (QED) is 0.705. The third-order valence-corrected chi connectivity index (χ3v) is 4.41. The van der Waals surface area contributed by atoms with Gasteiger partial charge in [-0.15, -0.1) is 0 Å². The van der Waals surface area contributed by atoms with E-state index in [1.54, 1.807) is 6.20 Å². The number of ether oxygens (including phenoxy) is 1. The Kier molecular flexibility index (Phi) is 3.63. The molecule has 0 saturated heterocycles. The van der Waals surface area contributed by atoms with Crippen LogP contribution in [0.25, 0.3) is 11.4 Å². The van der Waals surface area contributed by atoms with Crippen LogP contribution in [0.3, 0.4) is 0 Å². The van der Waals surface area contributed by atoms with Gasteiger partial charge in [0.15, 0.2) is 6.10 Å². The molecule has 1 aliphatic heterocycles. The molecule has 1 aliphatic rings. The zero-order valence-corrected chi connectivity index (χ0v) is 15.0. The maximum atomic E-state index is 6.06. The van der Waals surface area contributed by atoms with Crippen molar-refractivity contribution in [2.45, 2.75) is 52.2 Å². The van der Waals surface area contributed by atoms with E-state index in [4.69, 9.17) is 9.26 Å². The summed E-state index contributed by atoms with van der Waals surface area (Å²) in [6.07, 6.45) is 5.28. The molecule has 130 valence electrons. The van der Waals surface area contributed by atoms with E-state index >= 15 is 0 Å². The van der Waals surface area contributed by atoms with Crippen molar-refractivity contribution in [3.63, 3.8) is 0 Å². The Morgan fingerprint density at radius 3 is 2.84 bits per heavy atom. The lowest BCUT2D eigenvalue weighted by Gasteiger charge is -2.23. The Labute approximate surface area is 146 Å². The molecule has 1 unspecified atom stereocenters. The van der Waals surface area contributed by atoms with E-state index in [0.717, 1.165) is 24.2 Å². The van der Waals surface area contributed by atoms with Gasteiger partial charge in [-0.05, 0) is 52.2 Å². The van der Waals surface area contributed by atoms with E-state index in [0.29, 0.717) is 11.7 Å². The summed E-state index contributed by atoms with van der Waals surface area (Å²) in [5.74, 6) is 1.97. The summed E-state index contributed by atoms with van der Waals surface area (Å²) < 4.78 is 13.4. The number of hydrogen-bond donors (Lipinski definition) is 0. The second-order valence-corrected chi connectivity index (χ2v) is 7.56. The monoisotopic (exact) mass is 338 g/mol. The first-order valence-electron chi connectivity index (χ1n) is 8.55. The Bertz CT molecular complexity index is 904. The first-order chi connectivity index (χ1) is 11.9. The third-order valence-electron chi connectivity index (χ3n) is 4.41. The second kappa shape index (κ2) is 5.72. The Morgan fingerprint density at radius 1 is 1.24 bits per heavy atom. The van der Waals surface area contributed by atoms with Crippen LogP contribution in [0, 0.1) is 6.92 Å². The van der Waals surface area contributed by atoms with Crippen molar-refractivity contribution in [3.05, 3.63) is 47.6 Å². The van der Waals surface area contributed by atoms with Crippen molar-refractivity contribution < 1.29 is 9.26 Å². The first-order valence-corrected chi connectivity index (χ1v) is 8.55. The fourth-order valence-corrected chi connectivity index (χ4v) is 2.98. The molecular weight excluding hydrogens is 316 g/mol. The van der Waals surface area contributed by atoms with Gasteiger partial charge in [-0.1, -0.05) is 22.9 Å². The maximum absolute atomic E-state index is 6.06. The molecule has 0 spiro atoms. The third kappa shape index (κ3) is 3.04. The van der Waals surface area contributed by atoms with E-state index < -0.39 is 0 Å². The zero-order valence-electron chi connectivity index (χ0n) is 15.0. The summed E-state index contributed by atoms with van der Waals surface area (Å²) in [4.78, 5) is 4.53. The Hall–Kier alpha value is -2.63. The largest absolute Gasteiger partial charge is 0.480 e. The number of benzene rings is 1. The standard InChI is InChI=1S/C19H22N4O2/c1-12-5-7-15-13(9-12)6-8-16(24-15)18-21-17(22-25-18)14-10-20-23(11-14)19(2,3)4/h5,7,9-11,16H,6,8H2,1-4H3. The van der Waals surface area contributed by atoms with Crippen molar-refractivity contribution in [1.82, 2.24) is 19.9 Å². The highest BCUT2D eigenvalue weighted by atomic mass is 16.5. The van der Waals surface area contributed by atoms with Gasteiger partial charge in [-0.3, -0.25) is 4.68 Å². The van der Waals surface area contributed by atoms with E-state index in [2.05, 4.69) is 55.1 Å². The molecule has 0 radical (unpaired) electrons. The minimum absolute atomic E-state index is 0.0842. The molecule has 3 aromatic rings. The molecule has 4 rings (SSSR count). The number of hydrogen-bond acceptors (Lipinski definition) is 5. The summed E-state index contributed by atoms with van der Waals surface area (Å²) >= 11 is 0. The first kappa shape index (κ1) is 15.9. The average molecular weight is 338 g/mol. The molecule has 2 aromatic heterocycles. The van der Waals surface area contributed by atoms with Crippen LogP contribution in [0.4, 0.5) is 0 Å². The van der Waals surface area contributed by atoms with Crippen molar-refractivity contribution in [3.8, 4) is 17.1 Å². The lowest BCUT2D eigenvalue weighted by molar-refractivity contribution is 0.135. The Morgan fingerprint density at radius 2 is 2.08 bits per heavy atom. The van der Waals surface area contributed by atoms with Crippen molar-refractivity contribution in [2.75, 3.05) is 0 Å². The molecule has 1 atom stereocenters. The van der Waals surface area contributed by atoms with Crippen molar-refractivity contribution in [1.29, 1.82) is 0 Å². The molecule has 1 aromatic carbocycles. The predicted molar refractivity (Wildman–Crippen MR) is 93.4 cm³/mol. The smallest absolute Gasteiger partial charge is 0.268 e. The summed E-state index contributed by atoms with van der Waals surface area (Å²) in [5, 5.41) is 8.50. The number of rotatable bonds is 2. The van der Waals surface area contributed by atoms with Gasteiger partial charge < -0.3 is 9.26 Å². The molecule has 0 N–H and O–H groups in total. The van der Waals surface area contributed by atoms with Crippen LogP contribution < -0.4 is 4.74 Å². The van der Waals surface area contributed by atoms with Gasteiger partial charge in [-0.2, -0.15) is 10.1 Å². The minimum atomic E-state index is -0.200. The summed E-state index contributed by atoms with van der Waals surface area (Å²) in [7, 11) is 0. The molecule has 6 heteroatoms. The average Bonchev–Trinajstić information content (AvgIpc) is 3.23. The number of nitrogens with zero attached hydrogens (tertiary/aromatic N) is 4. The number of fused-ring (bicyclic) bond motifs is 1. The number of aromatic nitrogens is 4. The van der Waals surface area contributed by atoms with Gasteiger partial charge in [-0.25, -0.2) is 0 Å². The van der Waals surface area contributed by atoms with E-state index in [1.165, 1.54) is 11.1 Å². The lowest BCUT2D eigenvalue weighted by atomic mass is 10.0. The van der Waals surface area contributed by atoms with Gasteiger partial charge >= 0.3 is 0 Å². The van der Waals surface area contributed by atoms with E-state index in [-0.39, 0.29) is 11.6 Å². The summed E-state index contributed by atoms with van der Waals surface area (Å²) in [6, 6.07) is 6.24. The van der Waals surface area contributed by atoms with Crippen molar-refractivity contribution >= 4 is 0 Å². The lowest BCUT2D eigenvalue weighted by Crippen LogP contribution is -2.21. The van der Waals surface area contributed by atoms with E-state index in [1.807, 2.05) is 16.9 Å². The van der Waals surface area contributed by atoms with Gasteiger partial charge in [0.25, 0.3) is 5.89 Å². The number of aryl methyl sites for hydroxylation is 2. The summed E-state index contributed by atoms with van der Waals surface area (Å²) in [5.41, 5.74) is 3.25. The highest BCUT2D eigenvalue weighted by Gasteiger charge is 2.27.